The first-order chi connectivity index (χ1) is 7.25. The summed E-state index contributed by atoms with van der Waals surface area (Å²) in [6.07, 6.45) is 1.96. The van der Waals surface area contributed by atoms with Gasteiger partial charge in [-0.15, -0.1) is 0 Å². The van der Waals surface area contributed by atoms with E-state index in [0.717, 1.165) is 11.2 Å². The Bertz CT molecular complexity index is 402. The maximum atomic E-state index is 11.8. The van der Waals surface area contributed by atoms with Crippen LogP contribution in [-0.2, 0) is 19.4 Å². The molecule has 0 bridgehead atoms. The topological polar surface area (TPSA) is 91.8 Å². The third-order valence-corrected chi connectivity index (χ3v) is 4.30. The van der Waals surface area contributed by atoms with E-state index in [-0.39, 0.29) is 0 Å². The van der Waals surface area contributed by atoms with Crippen molar-refractivity contribution in [3.8, 4) is 0 Å². The van der Waals surface area contributed by atoms with Gasteiger partial charge in [0, 0.05) is 12.8 Å². The predicted molar refractivity (Wildman–Crippen MR) is 56.7 cm³/mol. The third kappa shape index (κ3) is 2.52. The highest BCUT2D eigenvalue weighted by molar-refractivity contribution is 7.92. The molecule has 1 heterocycles. The summed E-state index contributed by atoms with van der Waals surface area (Å²) in [6, 6.07) is -0.878. The second-order valence-electron chi connectivity index (χ2n) is 4.00. The molecule has 7 heteroatoms. The number of carbonyl (C=O) groups is 2. The van der Waals surface area contributed by atoms with Crippen LogP contribution in [0, 0.1) is 0 Å². The van der Waals surface area contributed by atoms with Gasteiger partial charge >= 0.3 is 5.97 Å². The van der Waals surface area contributed by atoms with Gasteiger partial charge in [0.05, 0.1) is 0 Å². The molecule has 1 fully saturated rings. The molecule has 1 N–H and O–H groups in total. The molecule has 1 saturated heterocycles. The van der Waals surface area contributed by atoms with Gasteiger partial charge in [-0.1, -0.05) is 0 Å². The van der Waals surface area contributed by atoms with Crippen molar-refractivity contribution in [2.24, 2.45) is 0 Å². The Balaban J connectivity index is 2.86. The lowest BCUT2D eigenvalue weighted by atomic mass is 10.2. The van der Waals surface area contributed by atoms with Crippen LogP contribution in [0.5, 0.6) is 0 Å². The Labute approximate surface area is 94.2 Å². The summed E-state index contributed by atoms with van der Waals surface area (Å²) >= 11 is 0. The molecule has 0 aromatic rings. The maximum Gasteiger partial charge on any atom is 0.326 e. The Morgan fingerprint density at radius 2 is 2.00 bits per heavy atom. The number of hydrogen-bond donors (Lipinski definition) is 1. The van der Waals surface area contributed by atoms with Crippen LogP contribution in [0.4, 0.5) is 0 Å². The fourth-order valence-corrected chi connectivity index (χ4v) is 2.21. The number of likely N-dealkylation sites (tertiary alicyclic amines) is 1. The van der Waals surface area contributed by atoms with Gasteiger partial charge < -0.3 is 10.0 Å². The molecule has 0 aromatic carbocycles. The Hall–Kier alpha value is -1.11. The Morgan fingerprint density at radius 1 is 1.44 bits per heavy atom. The second-order valence-corrected chi connectivity index (χ2v) is 6.37. The number of amides is 1. The highest BCUT2D eigenvalue weighted by Crippen LogP contribution is 2.19. The highest BCUT2D eigenvalue weighted by atomic mass is 32.2. The van der Waals surface area contributed by atoms with E-state index in [1.807, 2.05) is 0 Å². The van der Waals surface area contributed by atoms with Gasteiger partial charge in [-0.25, -0.2) is 13.2 Å². The van der Waals surface area contributed by atoms with Gasteiger partial charge in [-0.05, 0) is 19.8 Å². The number of carboxylic acid groups (broad SMARTS) is 1. The lowest BCUT2D eigenvalue weighted by Gasteiger charge is -2.23. The molecule has 1 rings (SSSR count). The summed E-state index contributed by atoms with van der Waals surface area (Å²) in [5.41, 5.74) is 0. The van der Waals surface area contributed by atoms with Crippen LogP contribution in [-0.4, -0.2) is 54.4 Å². The fourth-order valence-electron chi connectivity index (χ4n) is 1.70. The number of carbonyl (C=O) groups excluding carboxylic acids is 1. The molecule has 16 heavy (non-hydrogen) atoms. The van der Waals surface area contributed by atoms with Crippen LogP contribution >= 0.6 is 0 Å². The molecule has 1 aliphatic rings. The maximum absolute atomic E-state index is 11.8. The standard InChI is InChI=1S/C9H15NO5S/c1-6(16(2,14)15)8(11)10-5-3-4-7(10)9(12)13/h6-7H,3-5H2,1-2H3,(H,12,13)/t6?,7-/m0/s1. The van der Waals surface area contributed by atoms with E-state index < -0.39 is 33.0 Å². The molecular formula is C9H15NO5S. The normalized spacial score (nSPS) is 23.1. The summed E-state index contributed by atoms with van der Waals surface area (Å²) < 4.78 is 22.4. The third-order valence-electron chi connectivity index (χ3n) is 2.81. The van der Waals surface area contributed by atoms with Gasteiger partial charge in [0.25, 0.3) is 0 Å². The van der Waals surface area contributed by atoms with Crippen molar-refractivity contribution >= 4 is 21.7 Å². The van der Waals surface area contributed by atoms with Crippen molar-refractivity contribution in [3.63, 3.8) is 0 Å². The molecule has 92 valence electrons. The molecule has 2 atom stereocenters. The monoisotopic (exact) mass is 249 g/mol. The minimum atomic E-state index is -3.47. The summed E-state index contributed by atoms with van der Waals surface area (Å²) in [4.78, 5) is 23.8. The number of hydrogen-bond acceptors (Lipinski definition) is 4. The first-order valence-electron chi connectivity index (χ1n) is 4.97. The lowest BCUT2D eigenvalue weighted by molar-refractivity contribution is -0.147. The number of carboxylic acids is 1. The predicted octanol–water partition coefficient (Wildman–Crippen LogP) is -0.505. The van der Waals surface area contributed by atoms with Crippen LogP contribution in [0.1, 0.15) is 19.8 Å². The van der Waals surface area contributed by atoms with Crippen molar-refractivity contribution in [1.29, 1.82) is 0 Å². The quantitative estimate of drug-likeness (QED) is 0.727. The summed E-state index contributed by atoms with van der Waals surface area (Å²) in [5, 5.41) is 7.70. The molecular weight excluding hydrogens is 234 g/mol. The van der Waals surface area contributed by atoms with Gasteiger partial charge in [-0.2, -0.15) is 0 Å². The zero-order valence-corrected chi connectivity index (χ0v) is 10.0. The average Bonchev–Trinajstić information content (AvgIpc) is 2.62. The average molecular weight is 249 g/mol. The van der Waals surface area contributed by atoms with E-state index in [2.05, 4.69) is 0 Å². The van der Waals surface area contributed by atoms with Gasteiger partial charge in [0.1, 0.15) is 11.3 Å². The molecule has 6 nitrogen and oxygen atoms in total. The Kier molecular flexibility index (Phi) is 3.57. The molecule has 0 saturated carbocycles. The van der Waals surface area contributed by atoms with E-state index in [9.17, 15) is 18.0 Å². The van der Waals surface area contributed by atoms with Crippen molar-refractivity contribution < 1.29 is 23.1 Å². The number of nitrogens with zero attached hydrogens (tertiary/aromatic N) is 1. The van der Waals surface area contributed by atoms with Crippen LogP contribution in [0.3, 0.4) is 0 Å². The van der Waals surface area contributed by atoms with E-state index in [1.165, 1.54) is 6.92 Å². The van der Waals surface area contributed by atoms with E-state index in [4.69, 9.17) is 5.11 Å². The summed E-state index contributed by atoms with van der Waals surface area (Å²) in [6.45, 7) is 1.60. The minimum absolute atomic E-state index is 0.315. The highest BCUT2D eigenvalue weighted by Gasteiger charge is 2.38. The fraction of sp³-hybridized carbons (Fsp3) is 0.778. The van der Waals surface area contributed by atoms with E-state index in [0.29, 0.717) is 19.4 Å². The molecule has 1 aliphatic heterocycles. The second kappa shape index (κ2) is 4.40. The first-order valence-corrected chi connectivity index (χ1v) is 6.92. The SMILES string of the molecule is CC(C(=O)N1CCC[C@H]1C(=O)O)S(C)(=O)=O. The largest absolute Gasteiger partial charge is 0.480 e. The lowest BCUT2D eigenvalue weighted by Crippen LogP contribution is -2.46. The first kappa shape index (κ1) is 13.0. The number of rotatable bonds is 3. The van der Waals surface area contributed by atoms with Gasteiger partial charge in [0.2, 0.25) is 5.91 Å². The minimum Gasteiger partial charge on any atom is -0.480 e. The van der Waals surface area contributed by atoms with Crippen LogP contribution in [0.15, 0.2) is 0 Å². The molecule has 0 aromatic heterocycles. The smallest absolute Gasteiger partial charge is 0.326 e. The van der Waals surface area contributed by atoms with Crippen molar-refractivity contribution in [2.45, 2.75) is 31.1 Å². The van der Waals surface area contributed by atoms with Crippen molar-refractivity contribution in [1.82, 2.24) is 4.90 Å². The molecule has 1 unspecified atom stereocenters. The molecule has 0 spiro atoms. The van der Waals surface area contributed by atoms with Crippen molar-refractivity contribution in [3.05, 3.63) is 0 Å². The van der Waals surface area contributed by atoms with Crippen LogP contribution < -0.4 is 0 Å². The van der Waals surface area contributed by atoms with E-state index in [1.54, 1.807) is 0 Å². The van der Waals surface area contributed by atoms with Gasteiger partial charge in [-0.3, -0.25) is 4.79 Å². The van der Waals surface area contributed by atoms with Crippen LogP contribution in [0.25, 0.3) is 0 Å². The molecule has 1 amide bonds. The summed E-state index contributed by atoms with van der Waals surface area (Å²) in [5.74, 6) is -1.70. The number of sulfone groups is 1. The van der Waals surface area contributed by atoms with Crippen molar-refractivity contribution in [2.75, 3.05) is 12.8 Å². The molecule has 0 radical (unpaired) electrons. The Morgan fingerprint density at radius 3 is 2.44 bits per heavy atom. The summed E-state index contributed by atoms with van der Waals surface area (Å²) in [7, 11) is -3.47. The van der Waals surface area contributed by atoms with Crippen LogP contribution in [0.2, 0.25) is 0 Å². The zero-order valence-electron chi connectivity index (χ0n) is 9.21. The van der Waals surface area contributed by atoms with E-state index >= 15 is 0 Å². The number of aliphatic carboxylic acids is 1. The van der Waals surface area contributed by atoms with Gasteiger partial charge in [0.15, 0.2) is 9.84 Å². The zero-order chi connectivity index (χ0) is 12.5. The molecule has 0 aliphatic carbocycles.